The molecule has 0 radical (unpaired) electrons. The molecule has 0 aromatic heterocycles. The van der Waals surface area contributed by atoms with Crippen LogP contribution in [0.1, 0.15) is 20.7 Å². The van der Waals surface area contributed by atoms with Crippen molar-refractivity contribution in [3.8, 4) is 11.5 Å². The maximum atomic E-state index is 11.8. The van der Waals surface area contributed by atoms with Gasteiger partial charge in [0.15, 0.2) is 17.8 Å². The first-order chi connectivity index (χ1) is 7.63. The summed E-state index contributed by atoms with van der Waals surface area (Å²) in [6, 6.07) is 3.06. The van der Waals surface area contributed by atoms with Gasteiger partial charge < -0.3 is 14.4 Å². The van der Waals surface area contributed by atoms with Crippen molar-refractivity contribution in [2.45, 2.75) is 0 Å². The molecule has 0 N–H and O–H groups in total. The Morgan fingerprint density at radius 1 is 1.31 bits per heavy atom. The molecule has 1 aliphatic heterocycles. The molecule has 0 spiro atoms. The number of hydrogen-bond donors (Lipinski definition) is 0. The van der Waals surface area contributed by atoms with Crippen molar-refractivity contribution in [3.05, 3.63) is 23.3 Å². The first kappa shape index (κ1) is 10.5. The summed E-state index contributed by atoms with van der Waals surface area (Å²) in [5, 5.41) is 0. The third-order valence-corrected chi connectivity index (χ3v) is 2.31. The van der Waals surface area contributed by atoms with Gasteiger partial charge in [-0.15, -0.1) is 0 Å². The van der Waals surface area contributed by atoms with Crippen LogP contribution in [0.2, 0.25) is 0 Å². The number of rotatable bonds is 2. The first-order valence-corrected chi connectivity index (χ1v) is 4.74. The van der Waals surface area contributed by atoms with Crippen molar-refractivity contribution >= 4 is 12.2 Å². The largest absolute Gasteiger partial charge is 0.454 e. The summed E-state index contributed by atoms with van der Waals surface area (Å²) in [5.74, 6) is 0.758. The zero-order chi connectivity index (χ0) is 11.7. The summed E-state index contributed by atoms with van der Waals surface area (Å²) in [6.45, 7) is 0.118. The van der Waals surface area contributed by atoms with Gasteiger partial charge in [-0.25, -0.2) is 0 Å². The van der Waals surface area contributed by atoms with Crippen molar-refractivity contribution < 1.29 is 19.1 Å². The summed E-state index contributed by atoms with van der Waals surface area (Å²) < 4.78 is 10.3. The van der Waals surface area contributed by atoms with E-state index in [0.717, 1.165) is 0 Å². The molecule has 0 unspecified atom stereocenters. The van der Waals surface area contributed by atoms with Crippen LogP contribution in [0.4, 0.5) is 0 Å². The fraction of sp³-hybridized carbons (Fsp3) is 0.273. The van der Waals surface area contributed by atoms with E-state index in [9.17, 15) is 9.59 Å². The van der Waals surface area contributed by atoms with Crippen LogP contribution in [-0.4, -0.2) is 38.0 Å². The number of carbonyl (C=O) groups is 2. The Bertz CT molecular complexity index is 454. The SMILES string of the molecule is CN(C)C(=O)c1cc2c(cc1C=O)OCO2. The predicted molar refractivity (Wildman–Crippen MR) is 56.0 cm³/mol. The van der Waals surface area contributed by atoms with Gasteiger partial charge in [0, 0.05) is 19.7 Å². The number of nitrogens with zero attached hydrogens (tertiary/aromatic N) is 1. The third-order valence-electron chi connectivity index (χ3n) is 2.31. The highest BCUT2D eigenvalue weighted by atomic mass is 16.7. The van der Waals surface area contributed by atoms with Crippen molar-refractivity contribution in [1.29, 1.82) is 0 Å². The second-order valence-corrected chi connectivity index (χ2v) is 3.61. The van der Waals surface area contributed by atoms with E-state index in [1.165, 1.54) is 17.0 Å². The minimum atomic E-state index is -0.236. The molecule has 1 aromatic carbocycles. The maximum Gasteiger partial charge on any atom is 0.254 e. The van der Waals surface area contributed by atoms with Crippen molar-refractivity contribution in [3.63, 3.8) is 0 Å². The first-order valence-electron chi connectivity index (χ1n) is 4.74. The van der Waals surface area contributed by atoms with Gasteiger partial charge in [0.25, 0.3) is 5.91 Å². The molecule has 2 rings (SSSR count). The zero-order valence-electron chi connectivity index (χ0n) is 9.02. The summed E-state index contributed by atoms with van der Waals surface area (Å²) in [7, 11) is 3.25. The second-order valence-electron chi connectivity index (χ2n) is 3.61. The lowest BCUT2D eigenvalue weighted by molar-refractivity contribution is 0.0823. The smallest absolute Gasteiger partial charge is 0.254 e. The molecule has 5 heteroatoms. The van der Waals surface area contributed by atoms with Crippen LogP contribution >= 0.6 is 0 Å². The molecule has 0 fully saturated rings. The molecule has 1 amide bonds. The highest BCUT2D eigenvalue weighted by Crippen LogP contribution is 2.34. The topological polar surface area (TPSA) is 55.8 Å². The van der Waals surface area contributed by atoms with Gasteiger partial charge >= 0.3 is 0 Å². The molecule has 16 heavy (non-hydrogen) atoms. The van der Waals surface area contributed by atoms with Gasteiger partial charge in [-0.2, -0.15) is 0 Å². The molecule has 1 aromatic rings. The van der Waals surface area contributed by atoms with Gasteiger partial charge in [0.1, 0.15) is 0 Å². The molecule has 1 heterocycles. The van der Waals surface area contributed by atoms with Crippen LogP contribution < -0.4 is 9.47 Å². The Hall–Kier alpha value is -2.04. The second kappa shape index (κ2) is 3.84. The van der Waals surface area contributed by atoms with Crippen molar-refractivity contribution in [2.75, 3.05) is 20.9 Å². The number of aldehydes is 1. The van der Waals surface area contributed by atoms with E-state index in [2.05, 4.69) is 0 Å². The van der Waals surface area contributed by atoms with E-state index >= 15 is 0 Å². The Balaban J connectivity index is 2.52. The molecule has 0 bridgehead atoms. The van der Waals surface area contributed by atoms with Gasteiger partial charge in [-0.1, -0.05) is 0 Å². The number of ether oxygens (including phenoxy) is 2. The van der Waals surface area contributed by atoms with E-state index in [1.807, 2.05) is 0 Å². The fourth-order valence-electron chi connectivity index (χ4n) is 1.48. The van der Waals surface area contributed by atoms with Gasteiger partial charge in [0.2, 0.25) is 6.79 Å². The average molecular weight is 221 g/mol. The van der Waals surface area contributed by atoms with Crippen LogP contribution in [0, 0.1) is 0 Å². The molecule has 5 nitrogen and oxygen atoms in total. The number of carbonyl (C=O) groups excluding carboxylic acids is 2. The molecule has 0 atom stereocenters. The molecular formula is C11H11NO4. The van der Waals surface area contributed by atoms with Gasteiger partial charge in [-0.05, 0) is 12.1 Å². The van der Waals surface area contributed by atoms with Crippen LogP contribution in [0.3, 0.4) is 0 Å². The Morgan fingerprint density at radius 2 is 1.94 bits per heavy atom. The van der Waals surface area contributed by atoms with Crippen molar-refractivity contribution in [1.82, 2.24) is 4.90 Å². The maximum absolute atomic E-state index is 11.8. The minimum Gasteiger partial charge on any atom is -0.454 e. The van der Waals surface area contributed by atoms with Crippen LogP contribution in [0.15, 0.2) is 12.1 Å². The van der Waals surface area contributed by atoms with Crippen LogP contribution in [0.25, 0.3) is 0 Å². The third kappa shape index (κ3) is 1.60. The Labute approximate surface area is 92.6 Å². The number of benzene rings is 1. The molecule has 1 aliphatic rings. The van der Waals surface area contributed by atoms with Crippen LogP contribution in [0.5, 0.6) is 11.5 Å². The Morgan fingerprint density at radius 3 is 2.50 bits per heavy atom. The summed E-state index contributed by atoms with van der Waals surface area (Å²) >= 11 is 0. The summed E-state index contributed by atoms with van der Waals surface area (Å²) in [6.07, 6.45) is 0.638. The van der Waals surface area contributed by atoms with Gasteiger partial charge in [0.05, 0.1) is 5.56 Å². The van der Waals surface area contributed by atoms with E-state index < -0.39 is 0 Å². The lowest BCUT2D eigenvalue weighted by Gasteiger charge is -2.12. The van der Waals surface area contributed by atoms with Gasteiger partial charge in [-0.3, -0.25) is 9.59 Å². The quantitative estimate of drug-likeness (QED) is 0.697. The zero-order valence-corrected chi connectivity index (χ0v) is 9.02. The Kier molecular flexibility index (Phi) is 2.52. The lowest BCUT2D eigenvalue weighted by atomic mass is 10.1. The fourth-order valence-corrected chi connectivity index (χ4v) is 1.48. The van der Waals surface area contributed by atoms with E-state index in [-0.39, 0.29) is 12.7 Å². The van der Waals surface area contributed by atoms with Crippen molar-refractivity contribution in [2.24, 2.45) is 0 Å². The highest BCUT2D eigenvalue weighted by molar-refractivity contribution is 6.02. The lowest BCUT2D eigenvalue weighted by Crippen LogP contribution is -2.22. The minimum absolute atomic E-state index is 0.118. The summed E-state index contributed by atoms with van der Waals surface area (Å²) in [5.41, 5.74) is 0.632. The van der Waals surface area contributed by atoms with E-state index in [4.69, 9.17) is 9.47 Å². The standard InChI is InChI=1S/C11H11NO4/c1-12(2)11(14)8-4-10-9(15-6-16-10)3-7(8)5-13/h3-5H,6H2,1-2H3. The molecule has 84 valence electrons. The molecule has 0 saturated carbocycles. The number of amides is 1. The molecule has 0 saturated heterocycles. The number of hydrogen-bond acceptors (Lipinski definition) is 4. The number of fused-ring (bicyclic) bond motifs is 1. The average Bonchev–Trinajstić information content (AvgIpc) is 2.72. The highest BCUT2D eigenvalue weighted by Gasteiger charge is 2.21. The molecular weight excluding hydrogens is 210 g/mol. The normalized spacial score (nSPS) is 12.4. The monoisotopic (exact) mass is 221 g/mol. The van der Waals surface area contributed by atoms with E-state index in [0.29, 0.717) is 28.9 Å². The van der Waals surface area contributed by atoms with Crippen LogP contribution in [-0.2, 0) is 0 Å². The summed E-state index contributed by atoms with van der Waals surface area (Å²) in [4.78, 5) is 24.1. The van der Waals surface area contributed by atoms with E-state index in [1.54, 1.807) is 14.1 Å². The molecule has 0 aliphatic carbocycles. The predicted octanol–water partition coefficient (Wildman–Crippen LogP) is 0.930.